The molecule has 290 valence electrons. The Morgan fingerprint density at radius 2 is 0.944 bits per heavy atom. The van der Waals surface area contributed by atoms with Crippen LogP contribution in [0.4, 0.5) is 0 Å². The van der Waals surface area contributed by atoms with Gasteiger partial charge < -0.3 is 30.8 Å². The summed E-state index contributed by atoms with van der Waals surface area (Å²) < 4.78 is 0. The first kappa shape index (κ1) is 39.4. The number of nitrogens with zero attached hydrogens (tertiary/aromatic N) is 2. The van der Waals surface area contributed by atoms with Crippen LogP contribution in [-0.4, -0.2) is 55.2 Å². The summed E-state index contributed by atoms with van der Waals surface area (Å²) in [6.07, 6.45) is 11.2. The first-order valence-corrected chi connectivity index (χ1v) is 19.9. The fraction of sp³-hybridized carbons (Fsp3) is 0.545. The van der Waals surface area contributed by atoms with Gasteiger partial charge in [0.1, 0.15) is 11.6 Å². The molecule has 2 aromatic carbocycles. The van der Waals surface area contributed by atoms with Crippen LogP contribution in [0.5, 0.6) is 0 Å². The molecule has 0 radical (unpaired) electrons. The summed E-state index contributed by atoms with van der Waals surface area (Å²) in [7, 11) is 0. The first-order chi connectivity index (χ1) is 25.8. The number of nitrogens with one attached hydrogen (secondary N) is 4. The number of carbonyl (C=O) groups is 2. The van der Waals surface area contributed by atoms with E-state index in [-0.39, 0.29) is 71.6 Å². The molecule has 6 rings (SSSR count). The highest BCUT2D eigenvalue weighted by atomic mass is 16.3. The van der Waals surface area contributed by atoms with E-state index >= 15 is 0 Å². The highest BCUT2D eigenvalue weighted by Crippen LogP contribution is 2.37. The van der Waals surface area contributed by atoms with E-state index in [9.17, 15) is 19.8 Å². The molecule has 0 saturated heterocycles. The summed E-state index contributed by atoms with van der Waals surface area (Å²) >= 11 is 0. The lowest BCUT2D eigenvalue weighted by Gasteiger charge is -2.34. The van der Waals surface area contributed by atoms with Gasteiger partial charge in [-0.15, -0.1) is 0 Å². The summed E-state index contributed by atoms with van der Waals surface area (Å²) in [5.74, 6) is 1.13. The molecule has 10 heteroatoms. The number of aliphatic hydroxyl groups is 2. The Kier molecular flexibility index (Phi) is 12.1. The molecule has 2 fully saturated rings. The van der Waals surface area contributed by atoms with Crippen molar-refractivity contribution >= 4 is 11.8 Å². The second kappa shape index (κ2) is 16.6. The zero-order valence-electron chi connectivity index (χ0n) is 32.9. The number of amides is 2. The number of aromatic amines is 2. The Morgan fingerprint density at radius 1 is 0.611 bits per heavy atom. The SMILES string of the molecule is CC(C)(C)[C@H](NC(=O)C1CCCCC1CO)c1ncc(-c2ccc(-c3ccc(-c4cnc([C@@H](NC(=O)C5CCCCC5CO)C(C)(C)C)[nH]4)cc3)cc2)[nH]1. The summed E-state index contributed by atoms with van der Waals surface area (Å²) in [6, 6.07) is 16.1. The van der Waals surface area contributed by atoms with E-state index in [0.29, 0.717) is 0 Å². The van der Waals surface area contributed by atoms with Crippen molar-refractivity contribution in [3.63, 3.8) is 0 Å². The van der Waals surface area contributed by atoms with Crippen LogP contribution in [0.2, 0.25) is 0 Å². The van der Waals surface area contributed by atoms with E-state index in [1.807, 2.05) is 12.4 Å². The Morgan fingerprint density at radius 3 is 1.28 bits per heavy atom. The topological polar surface area (TPSA) is 156 Å². The smallest absolute Gasteiger partial charge is 0.224 e. The number of rotatable bonds is 11. The third kappa shape index (κ3) is 8.98. The lowest BCUT2D eigenvalue weighted by atomic mass is 9.78. The molecule has 4 aromatic rings. The molecule has 6 atom stereocenters. The number of carbonyl (C=O) groups excluding carboxylic acids is 2. The number of imidazole rings is 2. The van der Waals surface area contributed by atoms with Gasteiger partial charge in [-0.2, -0.15) is 0 Å². The second-order valence-electron chi connectivity index (χ2n) is 17.8. The highest BCUT2D eigenvalue weighted by Gasteiger charge is 2.37. The van der Waals surface area contributed by atoms with Gasteiger partial charge in [0, 0.05) is 25.0 Å². The minimum atomic E-state index is -0.303. The number of aliphatic hydroxyl groups excluding tert-OH is 2. The number of aromatic nitrogens is 4. The van der Waals surface area contributed by atoms with Gasteiger partial charge in [-0.05, 0) is 70.6 Å². The largest absolute Gasteiger partial charge is 0.396 e. The average Bonchev–Trinajstić information content (AvgIpc) is 3.86. The van der Waals surface area contributed by atoms with Crippen molar-refractivity contribution < 1.29 is 19.8 Å². The average molecular weight is 737 g/mol. The Bertz CT molecular complexity index is 1710. The van der Waals surface area contributed by atoms with E-state index in [4.69, 9.17) is 9.97 Å². The van der Waals surface area contributed by atoms with Gasteiger partial charge in [-0.3, -0.25) is 9.59 Å². The highest BCUT2D eigenvalue weighted by molar-refractivity contribution is 5.80. The number of benzene rings is 2. The lowest BCUT2D eigenvalue weighted by Crippen LogP contribution is -2.43. The van der Waals surface area contributed by atoms with Crippen LogP contribution in [0.3, 0.4) is 0 Å². The minimum Gasteiger partial charge on any atom is -0.396 e. The maximum Gasteiger partial charge on any atom is 0.224 e. The maximum absolute atomic E-state index is 13.4. The predicted molar refractivity (Wildman–Crippen MR) is 213 cm³/mol. The molecule has 4 unspecified atom stereocenters. The standard InChI is InChI=1S/C44H60N6O4/c1-43(2,3)37(49-41(53)33-13-9-7-11-31(33)25-51)39-45-23-35(47-39)29-19-15-27(16-20-29)28-17-21-30(22-18-28)36-24-46-40(48-36)38(44(4,5)6)50-42(54)34-14-10-8-12-32(34)26-52/h15-24,31-34,37-38,51-52H,7-14,25-26H2,1-6H3,(H,45,47)(H,46,48)(H,49,53)(H,50,54)/t31?,32?,33?,34?,37-,38-/m1/s1. The fourth-order valence-electron chi connectivity index (χ4n) is 8.38. The van der Waals surface area contributed by atoms with E-state index in [0.717, 1.165) is 96.7 Å². The Labute approximate surface area is 320 Å². The van der Waals surface area contributed by atoms with E-state index in [2.05, 4.69) is 111 Å². The molecule has 6 N–H and O–H groups in total. The molecule has 54 heavy (non-hydrogen) atoms. The quantitative estimate of drug-likeness (QED) is 0.0913. The summed E-state index contributed by atoms with van der Waals surface area (Å²) in [5.41, 5.74) is 5.39. The maximum atomic E-state index is 13.4. The van der Waals surface area contributed by atoms with Gasteiger partial charge in [0.15, 0.2) is 0 Å². The van der Waals surface area contributed by atoms with Crippen LogP contribution in [0, 0.1) is 34.5 Å². The van der Waals surface area contributed by atoms with Crippen molar-refractivity contribution in [3.05, 3.63) is 72.6 Å². The molecule has 0 spiro atoms. The van der Waals surface area contributed by atoms with Crippen LogP contribution in [0.25, 0.3) is 33.6 Å². The Hall–Kier alpha value is -4.28. The third-order valence-electron chi connectivity index (χ3n) is 11.7. The minimum absolute atomic E-state index is 0.0000138. The first-order valence-electron chi connectivity index (χ1n) is 19.9. The van der Waals surface area contributed by atoms with E-state index in [1.54, 1.807) is 0 Å². The van der Waals surface area contributed by atoms with Gasteiger partial charge in [0.05, 0.1) is 35.9 Å². The number of hydrogen-bond donors (Lipinski definition) is 6. The molecule has 2 heterocycles. The normalized spacial score (nSPS) is 22.0. The van der Waals surface area contributed by atoms with Gasteiger partial charge >= 0.3 is 0 Å². The van der Waals surface area contributed by atoms with Gasteiger partial charge in [0.2, 0.25) is 11.8 Å². The second-order valence-corrected chi connectivity index (χ2v) is 17.8. The molecule has 2 aromatic heterocycles. The monoisotopic (exact) mass is 736 g/mol. The van der Waals surface area contributed by atoms with Gasteiger partial charge in [0.25, 0.3) is 0 Å². The van der Waals surface area contributed by atoms with Gasteiger partial charge in [-0.25, -0.2) is 9.97 Å². The summed E-state index contributed by atoms with van der Waals surface area (Å²) in [4.78, 5) is 43.3. The van der Waals surface area contributed by atoms with Crippen LogP contribution in [-0.2, 0) is 9.59 Å². The molecule has 10 nitrogen and oxygen atoms in total. The summed E-state index contributed by atoms with van der Waals surface area (Å²) in [6.45, 7) is 12.7. The number of hydrogen-bond acceptors (Lipinski definition) is 6. The van der Waals surface area contributed by atoms with E-state index < -0.39 is 0 Å². The molecule has 2 amide bonds. The van der Waals surface area contributed by atoms with Crippen molar-refractivity contribution in [2.45, 2.75) is 105 Å². The Balaban J connectivity index is 1.12. The van der Waals surface area contributed by atoms with Gasteiger partial charge in [-0.1, -0.05) is 116 Å². The van der Waals surface area contributed by atoms with Crippen molar-refractivity contribution in [2.24, 2.45) is 34.5 Å². The predicted octanol–water partition coefficient (Wildman–Crippen LogP) is 8.14. The molecule has 2 aliphatic carbocycles. The molecule has 0 aliphatic heterocycles. The van der Waals surface area contributed by atoms with E-state index in [1.165, 1.54) is 0 Å². The third-order valence-corrected chi connectivity index (χ3v) is 11.7. The van der Waals surface area contributed by atoms with Crippen molar-refractivity contribution in [2.75, 3.05) is 13.2 Å². The summed E-state index contributed by atoms with van der Waals surface area (Å²) in [5, 5.41) is 26.3. The lowest BCUT2D eigenvalue weighted by molar-refractivity contribution is -0.131. The fourth-order valence-corrected chi connectivity index (χ4v) is 8.38. The van der Waals surface area contributed by atoms with Crippen LogP contribution in [0.15, 0.2) is 60.9 Å². The molecule has 2 aliphatic rings. The molecular formula is C44H60N6O4. The van der Waals surface area contributed by atoms with Crippen LogP contribution < -0.4 is 10.6 Å². The zero-order valence-corrected chi connectivity index (χ0v) is 32.9. The molecule has 0 bridgehead atoms. The van der Waals surface area contributed by atoms with Crippen LogP contribution >= 0.6 is 0 Å². The van der Waals surface area contributed by atoms with Crippen LogP contribution in [0.1, 0.15) is 117 Å². The molecular weight excluding hydrogens is 677 g/mol. The zero-order chi connectivity index (χ0) is 38.6. The van der Waals surface area contributed by atoms with Crippen molar-refractivity contribution in [3.8, 4) is 33.6 Å². The van der Waals surface area contributed by atoms with Crippen molar-refractivity contribution in [1.82, 2.24) is 30.6 Å². The van der Waals surface area contributed by atoms with Crippen molar-refractivity contribution in [1.29, 1.82) is 0 Å². The molecule has 2 saturated carbocycles. The number of H-pyrrole nitrogens is 2.